The first-order valence-corrected chi connectivity index (χ1v) is 8.09. The molecule has 0 radical (unpaired) electrons. The van der Waals surface area contributed by atoms with Crippen LogP contribution < -0.4 is 4.74 Å². The maximum atomic E-state index is 11.6. The standard InChI is InChI=1S/C14H13BrCl2N2O2/c1-8-14(13(3-4-15)18-19(8)9(2)20)21-12-6-10(16)5-11(17)7-12/h5-7H,3-4H2,1-2H3. The Balaban J connectivity index is 2.44. The Morgan fingerprint density at radius 2 is 1.95 bits per heavy atom. The van der Waals surface area contributed by atoms with Crippen LogP contribution in [0.3, 0.4) is 0 Å². The molecule has 7 heteroatoms. The lowest BCUT2D eigenvalue weighted by Crippen LogP contribution is -2.09. The second-order valence-corrected chi connectivity index (χ2v) is 6.10. The van der Waals surface area contributed by atoms with E-state index < -0.39 is 0 Å². The second-order valence-electron chi connectivity index (χ2n) is 4.44. The summed E-state index contributed by atoms with van der Waals surface area (Å²) in [5.41, 5.74) is 1.35. The van der Waals surface area contributed by atoms with Crippen molar-refractivity contribution in [2.24, 2.45) is 0 Å². The lowest BCUT2D eigenvalue weighted by Gasteiger charge is -2.08. The van der Waals surface area contributed by atoms with Crippen molar-refractivity contribution in [2.45, 2.75) is 20.3 Å². The quantitative estimate of drug-likeness (QED) is 0.697. The van der Waals surface area contributed by atoms with E-state index in [0.29, 0.717) is 44.7 Å². The molecule has 0 atom stereocenters. The van der Waals surface area contributed by atoms with Gasteiger partial charge >= 0.3 is 0 Å². The van der Waals surface area contributed by atoms with Crippen LogP contribution in [0.15, 0.2) is 18.2 Å². The van der Waals surface area contributed by atoms with E-state index in [9.17, 15) is 4.79 Å². The number of ether oxygens (including phenoxy) is 1. The number of nitrogens with zero attached hydrogens (tertiary/aromatic N) is 2. The smallest absolute Gasteiger partial charge is 0.244 e. The molecule has 0 unspecified atom stereocenters. The van der Waals surface area contributed by atoms with Crippen LogP contribution in [0.2, 0.25) is 10.0 Å². The normalized spacial score (nSPS) is 10.7. The van der Waals surface area contributed by atoms with Crippen LogP contribution in [0.1, 0.15) is 23.1 Å². The van der Waals surface area contributed by atoms with Gasteiger partial charge in [0.15, 0.2) is 5.75 Å². The maximum Gasteiger partial charge on any atom is 0.244 e. The number of hydrogen-bond acceptors (Lipinski definition) is 3. The van der Waals surface area contributed by atoms with Gasteiger partial charge in [0.2, 0.25) is 5.91 Å². The van der Waals surface area contributed by atoms with Crippen molar-refractivity contribution in [2.75, 3.05) is 5.33 Å². The fourth-order valence-electron chi connectivity index (χ4n) is 1.94. The van der Waals surface area contributed by atoms with E-state index in [-0.39, 0.29) is 5.91 Å². The summed E-state index contributed by atoms with van der Waals surface area (Å²) in [6.45, 7) is 3.24. The number of alkyl halides is 1. The minimum absolute atomic E-state index is 0.165. The predicted molar refractivity (Wildman–Crippen MR) is 87.3 cm³/mol. The van der Waals surface area contributed by atoms with E-state index in [4.69, 9.17) is 27.9 Å². The summed E-state index contributed by atoms with van der Waals surface area (Å²) in [4.78, 5) is 11.6. The first kappa shape index (κ1) is 16.3. The molecule has 4 nitrogen and oxygen atoms in total. The van der Waals surface area contributed by atoms with Crippen molar-refractivity contribution < 1.29 is 9.53 Å². The number of benzene rings is 1. The number of aromatic nitrogens is 2. The summed E-state index contributed by atoms with van der Waals surface area (Å²) in [7, 11) is 0. The summed E-state index contributed by atoms with van der Waals surface area (Å²) in [6.07, 6.45) is 0.644. The van der Waals surface area contributed by atoms with E-state index in [1.54, 1.807) is 25.1 Å². The third kappa shape index (κ3) is 3.78. The highest BCUT2D eigenvalue weighted by molar-refractivity contribution is 9.09. The summed E-state index contributed by atoms with van der Waals surface area (Å²) in [6, 6.07) is 4.95. The summed E-state index contributed by atoms with van der Waals surface area (Å²) >= 11 is 15.3. The molecular formula is C14H13BrCl2N2O2. The van der Waals surface area contributed by atoms with Gasteiger partial charge in [0, 0.05) is 28.7 Å². The van der Waals surface area contributed by atoms with Gasteiger partial charge in [0.05, 0.1) is 5.69 Å². The van der Waals surface area contributed by atoms with Crippen LogP contribution in [0.25, 0.3) is 0 Å². The molecule has 21 heavy (non-hydrogen) atoms. The molecular weight excluding hydrogens is 379 g/mol. The molecule has 0 aliphatic heterocycles. The summed E-state index contributed by atoms with van der Waals surface area (Å²) < 4.78 is 7.19. The average Bonchev–Trinajstić information content (AvgIpc) is 2.67. The fraction of sp³-hybridized carbons (Fsp3) is 0.286. The molecule has 0 spiro atoms. The molecule has 2 rings (SSSR count). The Kier molecular flexibility index (Phi) is 5.30. The zero-order valence-electron chi connectivity index (χ0n) is 11.5. The Bertz CT molecular complexity index is 666. The molecule has 1 aromatic carbocycles. The van der Waals surface area contributed by atoms with E-state index in [1.807, 2.05) is 0 Å². The van der Waals surface area contributed by atoms with Crippen molar-refractivity contribution in [1.29, 1.82) is 0 Å². The second kappa shape index (κ2) is 6.81. The summed E-state index contributed by atoms with van der Waals surface area (Å²) in [5.74, 6) is 0.903. The topological polar surface area (TPSA) is 44.1 Å². The van der Waals surface area contributed by atoms with Crippen LogP contribution in [0.4, 0.5) is 0 Å². The average molecular weight is 392 g/mol. The Hall–Kier alpha value is -1.04. The molecule has 0 N–H and O–H groups in total. The number of rotatable bonds is 4. The van der Waals surface area contributed by atoms with Gasteiger partial charge in [-0.1, -0.05) is 39.1 Å². The molecule has 0 bridgehead atoms. The largest absolute Gasteiger partial charge is 0.453 e. The Morgan fingerprint density at radius 1 is 1.33 bits per heavy atom. The number of halogens is 3. The highest BCUT2D eigenvalue weighted by atomic mass is 79.9. The van der Waals surface area contributed by atoms with Gasteiger partial charge in [-0.15, -0.1) is 0 Å². The number of aryl methyl sites for hydroxylation is 1. The molecule has 0 aliphatic carbocycles. The van der Waals surface area contributed by atoms with Gasteiger partial charge in [-0.2, -0.15) is 5.10 Å². The first-order chi connectivity index (χ1) is 9.92. The van der Waals surface area contributed by atoms with Crippen molar-refractivity contribution >= 4 is 45.0 Å². The number of carbonyl (C=O) groups excluding carboxylic acids is 1. The van der Waals surface area contributed by atoms with E-state index in [0.717, 1.165) is 0 Å². The molecule has 1 aromatic heterocycles. The minimum Gasteiger partial charge on any atom is -0.453 e. The molecule has 1 heterocycles. The lowest BCUT2D eigenvalue weighted by molar-refractivity contribution is 0.0918. The highest BCUT2D eigenvalue weighted by Crippen LogP contribution is 2.32. The zero-order chi connectivity index (χ0) is 15.6. The summed E-state index contributed by atoms with van der Waals surface area (Å²) in [5, 5.41) is 5.97. The van der Waals surface area contributed by atoms with Crippen LogP contribution >= 0.6 is 39.1 Å². The van der Waals surface area contributed by atoms with Gasteiger partial charge in [-0.25, -0.2) is 4.68 Å². The van der Waals surface area contributed by atoms with Gasteiger partial charge in [0.1, 0.15) is 11.4 Å². The molecule has 112 valence electrons. The predicted octanol–water partition coefficient (Wildman–Crippen LogP) is 4.89. The fourth-order valence-corrected chi connectivity index (χ4v) is 2.83. The highest BCUT2D eigenvalue weighted by Gasteiger charge is 2.19. The van der Waals surface area contributed by atoms with Crippen LogP contribution in [0, 0.1) is 6.92 Å². The van der Waals surface area contributed by atoms with Crippen LogP contribution in [-0.4, -0.2) is 21.0 Å². The molecule has 0 amide bonds. The van der Waals surface area contributed by atoms with Gasteiger partial charge in [-0.05, 0) is 25.1 Å². The molecule has 0 saturated heterocycles. The third-order valence-corrected chi connectivity index (χ3v) is 3.65. The van der Waals surface area contributed by atoms with Gasteiger partial charge in [0.25, 0.3) is 0 Å². The third-order valence-electron chi connectivity index (χ3n) is 2.81. The van der Waals surface area contributed by atoms with Crippen LogP contribution in [0.5, 0.6) is 11.5 Å². The molecule has 0 saturated carbocycles. The maximum absolute atomic E-state index is 11.6. The van der Waals surface area contributed by atoms with Crippen molar-refractivity contribution in [3.05, 3.63) is 39.6 Å². The molecule has 2 aromatic rings. The number of carbonyl (C=O) groups is 1. The molecule has 0 fully saturated rings. The SMILES string of the molecule is CC(=O)n1nc(CCBr)c(Oc2cc(Cl)cc(Cl)c2)c1C. The van der Waals surface area contributed by atoms with Crippen molar-refractivity contribution in [1.82, 2.24) is 9.78 Å². The Morgan fingerprint density at radius 3 is 2.48 bits per heavy atom. The van der Waals surface area contributed by atoms with E-state index >= 15 is 0 Å². The monoisotopic (exact) mass is 390 g/mol. The minimum atomic E-state index is -0.165. The number of hydrogen-bond donors (Lipinski definition) is 0. The van der Waals surface area contributed by atoms with Gasteiger partial charge < -0.3 is 4.74 Å². The van der Waals surface area contributed by atoms with Gasteiger partial charge in [-0.3, -0.25) is 4.79 Å². The van der Waals surface area contributed by atoms with E-state index in [2.05, 4.69) is 21.0 Å². The van der Waals surface area contributed by atoms with Crippen molar-refractivity contribution in [3.63, 3.8) is 0 Å². The van der Waals surface area contributed by atoms with Crippen molar-refractivity contribution in [3.8, 4) is 11.5 Å². The molecule has 0 aliphatic rings. The first-order valence-electron chi connectivity index (χ1n) is 6.21. The lowest BCUT2D eigenvalue weighted by atomic mass is 10.2. The Labute approximate surface area is 141 Å². The zero-order valence-corrected chi connectivity index (χ0v) is 14.6. The van der Waals surface area contributed by atoms with E-state index in [1.165, 1.54) is 11.6 Å². The van der Waals surface area contributed by atoms with Crippen LogP contribution in [-0.2, 0) is 6.42 Å².